The average Bonchev–Trinajstić information content (AvgIpc) is 2.84. The summed E-state index contributed by atoms with van der Waals surface area (Å²) in [5.74, 6) is 0. The van der Waals surface area contributed by atoms with Crippen molar-refractivity contribution in [1.82, 2.24) is 4.90 Å². The van der Waals surface area contributed by atoms with Crippen LogP contribution in [-0.4, -0.2) is 42.8 Å². The van der Waals surface area contributed by atoms with Gasteiger partial charge >= 0.3 is 0 Å². The van der Waals surface area contributed by atoms with E-state index in [2.05, 4.69) is 11.8 Å². The van der Waals surface area contributed by atoms with Crippen LogP contribution in [0.5, 0.6) is 0 Å². The van der Waals surface area contributed by atoms with Gasteiger partial charge in [-0.1, -0.05) is 0 Å². The molecule has 0 amide bonds. The predicted molar refractivity (Wildman–Crippen MR) is 48.0 cm³/mol. The highest BCUT2D eigenvalue weighted by atomic mass is 16.5. The molecule has 1 unspecified atom stereocenters. The largest absolute Gasteiger partial charge is 0.376 e. The fourth-order valence-electron chi connectivity index (χ4n) is 2.04. The number of ether oxygens (including phenoxy) is 1. The molecular weight excluding hydrogens is 152 g/mol. The molecule has 2 fully saturated rings. The fourth-order valence-corrected chi connectivity index (χ4v) is 2.04. The van der Waals surface area contributed by atoms with E-state index in [0.29, 0.717) is 11.6 Å². The molecule has 1 atom stereocenters. The van der Waals surface area contributed by atoms with Crippen molar-refractivity contribution in [2.75, 3.05) is 26.2 Å². The van der Waals surface area contributed by atoms with Gasteiger partial charge in [-0.05, 0) is 19.8 Å². The van der Waals surface area contributed by atoms with Gasteiger partial charge in [-0.2, -0.15) is 0 Å². The summed E-state index contributed by atoms with van der Waals surface area (Å²) in [5.41, 5.74) is 6.14. The summed E-state index contributed by atoms with van der Waals surface area (Å²) >= 11 is 0. The van der Waals surface area contributed by atoms with Crippen LogP contribution in [0, 0.1) is 0 Å². The van der Waals surface area contributed by atoms with Gasteiger partial charge in [-0.25, -0.2) is 0 Å². The minimum absolute atomic E-state index is 0.373. The molecule has 70 valence electrons. The van der Waals surface area contributed by atoms with Crippen molar-refractivity contribution in [3.63, 3.8) is 0 Å². The Balaban J connectivity index is 1.94. The molecule has 1 saturated carbocycles. The van der Waals surface area contributed by atoms with Gasteiger partial charge in [0.2, 0.25) is 0 Å². The van der Waals surface area contributed by atoms with Crippen LogP contribution in [0.1, 0.15) is 19.8 Å². The third-order valence-corrected chi connectivity index (χ3v) is 3.12. The zero-order valence-electron chi connectivity index (χ0n) is 7.75. The van der Waals surface area contributed by atoms with Crippen LogP contribution in [0.4, 0.5) is 0 Å². The average molecular weight is 170 g/mol. The molecule has 0 aromatic rings. The number of rotatable bonds is 2. The van der Waals surface area contributed by atoms with Crippen molar-refractivity contribution in [3.8, 4) is 0 Å². The number of hydrogen-bond acceptors (Lipinski definition) is 3. The summed E-state index contributed by atoms with van der Waals surface area (Å²) in [6.07, 6.45) is 2.97. The van der Waals surface area contributed by atoms with E-state index < -0.39 is 0 Å². The Bertz CT molecular complexity index is 168. The van der Waals surface area contributed by atoms with Crippen LogP contribution < -0.4 is 5.73 Å². The normalized spacial score (nSPS) is 35.0. The Morgan fingerprint density at radius 2 is 2.33 bits per heavy atom. The monoisotopic (exact) mass is 170 g/mol. The maximum Gasteiger partial charge on any atom is 0.0674 e. The lowest BCUT2D eigenvalue weighted by Crippen LogP contribution is -2.51. The minimum Gasteiger partial charge on any atom is -0.376 e. The van der Waals surface area contributed by atoms with Crippen molar-refractivity contribution in [1.29, 1.82) is 0 Å². The summed E-state index contributed by atoms with van der Waals surface area (Å²) in [5, 5.41) is 0. The summed E-state index contributed by atoms with van der Waals surface area (Å²) in [6, 6.07) is 0. The van der Waals surface area contributed by atoms with Crippen molar-refractivity contribution >= 4 is 0 Å². The van der Waals surface area contributed by atoms with Gasteiger partial charge in [0.05, 0.1) is 12.7 Å². The Hall–Kier alpha value is -0.120. The molecule has 1 saturated heterocycles. The van der Waals surface area contributed by atoms with E-state index in [1.165, 1.54) is 12.8 Å². The van der Waals surface area contributed by atoms with E-state index >= 15 is 0 Å². The first-order valence-corrected chi connectivity index (χ1v) is 4.83. The van der Waals surface area contributed by atoms with Crippen molar-refractivity contribution in [2.24, 2.45) is 5.73 Å². The molecule has 0 aromatic heterocycles. The third-order valence-electron chi connectivity index (χ3n) is 3.12. The van der Waals surface area contributed by atoms with Gasteiger partial charge in [0.1, 0.15) is 0 Å². The van der Waals surface area contributed by atoms with E-state index in [-0.39, 0.29) is 0 Å². The van der Waals surface area contributed by atoms with Crippen LogP contribution in [-0.2, 0) is 4.74 Å². The Kier molecular flexibility index (Phi) is 2.10. The number of hydrogen-bond donors (Lipinski definition) is 1. The number of nitrogens with two attached hydrogens (primary N) is 1. The van der Waals surface area contributed by atoms with E-state index in [4.69, 9.17) is 10.5 Å². The first-order valence-electron chi connectivity index (χ1n) is 4.83. The summed E-state index contributed by atoms with van der Waals surface area (Å²) in [6.45, 7) is 5.97. The van der Waals surface area contributed by atoms with Gasteiger partial charge in [-0.3, -0.25) is 4.90 Å². The first kappa shape index (κ1) is 8.48. The molecule has 0 bridgehead atoms. The van der Waals surface area contributed by atoms with Crippen LogP contribution in [0.2, 0.25) is 0 Å². The van der Waals surface area contributed by atoms with E-state index in [9.17, 15) is 0 Å². The van der Waals surface area contributed by atoms with Crippen LogP contribution in [0.15, 0.2) is 0 Å². The molecule has 2 N–H and O–H groups in total. The Labute approximate surface area is 73.9 Å². The van der Waals surface area contributed by atoms with Crippen LogP contribution >= 0.6 is 0 Å². The number of morpholine rings is 1. The lowest BCUT2D eigenvalue weighted by molar-refractivity contribution is -0.0379. The van der Waals surface area contributed by atoms with Crippen LogP contribution in [0.3, 0.4) is 0 Å². The minimum atomic E-state index is 0.373. The Morgan fingerprint density at radius 1 is 1.58 bits per heavy atom. The zero-order chi connectivity index (χ0) is 8.60. The Morgan fingerprint density at radius 3 is 2.83 bits per heavy atom. The van der Waals surface area contributed by atoms with Gasteiger partial charge in [0, 0.05) is 25.2 Å². The predicted octanol–water partition coefficient (Wildman–Crippen LogP) is 0.198. The molecule has 1 aliphatic heterocycles. The molecule has 0 radical (unpaired) electrons. The van der Waals surface area contributed by atoms with Gasteiger partial charge < -0.3 is 10.5 Å². The smallest absolute Gasteiger partial charge is 0.0674 e. The molecule has 12 heavy (non-hydrogen) atoms. The molecular formula is C9H18N2O. The van der Waals surface area contributed by atoms with Crippen molar-refractivity contribution < 1.29 is 4.74 Å². The molecule has 3 heteroatoms. The van der Waals surface area contributed by atoms with E-state index in [0.717, 1.165) is 26.2 Å². The van der Waals surface area contributed by atoms with Crippen molar-refractivity contribution in [2.45, 2.75) is 31.4 Å². The second-order valence-electron chi connectivity index (χ2n) is 4.06. The molecule has 3 nitrogen and oxygen atoms in total. The molecule has 0 aromatic carbocycles. The maximum absolute atomic E-state index is 5.76. The highest BCUT2D eigenvalue weighted by Gasteiger charge is 2.47. The van der Waals surface area contributed by atoms with E-state index in [1.54, 1.807) is 0 Å². The van der Waals surface area contributed by atoms with Gasteiger partial charge in [-0.15, -0.1) is 0 Å². The fraction of sp³-hybridized carbons (Fsp3) is 1.00. The molecule has 2 aliphatic rings. The summed E-state index contributed by atoms with van der Waals surface area (Å²) in [4.78, 5) is 2.52. The highest BCUT2D eigenvalue weighted by molar-refractivity contribution is 5.05. The zero-order valence-corrected chi connectivity index (χ0v) is 7.75. The standard InChI is InChI=1S/C9H18N2O/c1-8-6-11(4-5-12-8)9(7-10)2-3-9/h8H,2-7,10H2,1H3. The highest BCUT2D eigenvalue weighted by Crippen LogP contribution is 2.41. The van der Waals surface area contributed by atoms with Gasteiger partial charge in [0.15, 0.2) is 0 Å². The molecule has 0 spiro atoms. The second-order valence-corrected chi connectivity index (χ2v) is 4.06. The van der Waals surface area contributed by atoms with Crippen LogP contribution in [0.25, 0.3) is 0 Å². The third kappa shape index (κ3) is 1.37. The SMILES string of the molecule is CC1CN(C2(CN)CC2)CCO1. The maximum atomic E-state index is 5.76. The molecule has 1 heterocycles. The summed E-state index contributed by atoms with van der Waals surface area (Å²) < 4.78 is 5.49. The first-order chi connectivity index (χ1) is 5.77. The summed E-state index contributed by atoms with van der Waals surface area (Å²) in [7, 11) is 0. The van der Waals surface area contributed by atoms with Crippen molar-refractivity contribution in [3.05, 3.63) is 0 Å². The molecule has 2 rings (SSSR count). The lowest BCUT2D eigenvalue weighted by Gasteiger charge is -2.37. The van der Waals surface area contributed by atoms with E-state index in [1.807, 2.05) is 0 Å². The number of nitrogens with zero attached hydrogens (tertiary/aromatic N) is 1. The molecule has 1 aliphatic carbocycles. The quantitative estimate of drug-likeness (QED) is 0.643. The topological polar surface area (TPSA) is 38.5 Å². The lowest BCUT2D eigenvalue weighted by atomic mass is 10.2. The van der Waals surface area contributed by atoms with Gasteiger partial charge in [0.25, 0.3) is 0 Å². The second kappa shape index (κ2) is 2.98.